The average molecular weight is 405 g/mol. The standard InChI is InChI=1S/C23H20N2OS2/c26-23(22-12-15-6-1-4-9-20(15)28-22)25-14-18(21-10-5-11-27-21)17-13-24-19-8-3-2-7-16(17)19/h1-11,13,18,22,24H,12,14H2,(H,25,26). The van der Waals surface area contributed by atoms with Gasteiger partial charge in [-0.2, -0.15) is 0 Å². The maximum Gasteiger partial charge on any atom is 0.233 e. The first-order valence-corrected chi connectivity index (χ1v) is 11.2. The van der Waals surface area contributed by atoms with Crippen LogP contribution in [-0.2, 0) is 11.2 Å². The summed E-state index contributed by atoms with van der Waals surface area (Å²) < 4.78 is 0. The van der Waals surface area contributed by atoms with Gasteiger partial charge in [-0.05, 0) is 41.1 Å². The fourth-order valence-corrected chi connectivity index (χ4v) is 5.95. The summed E-state index contributed by atoms with van der Waals surface area (Å²) in [7, 11) is 0. The molecule has 28 heavy (non-hydrogen) atoms. The molecule has 1 amide bonds. The lowest BCUT2D eigenvalue weighted by Gasteiger charge is -2.18. The van der Waals surface area contributed by atoms with E-state index in [1.54, 1.807) is 23.1 Å². The van der Waals surface area contributed by atoms with E-state index in [1.165, 1.54) is 26.3 Å². The topological polar surface area (TPSA) is 44.9 Å². The Labute approximate surface area is 172 Å². The maximum absolute atomic E-state index is 12.9. The maximum atomic E-state index is 12.9. The molecule has 2 unspecified atom stereocenters. The molecule has 3 heterocycles. The van der Waals surface area contributed by atoms with Crippen molar-refractivity contribution in [1.82, 2.24) is 10.3 Å². The van der Waals surface area contributed by atoms with Crippen LogP contribution < -0.4 is 5.32 Å². The van der Waals surface area contributed by atoms with Crippen LogP contribution in [0.2, 0.25) is 0 Å². The van der Waals surface area contributed by atoms with Crippen molar-refractivity contribution in [2.75, 3.05) is 6.54 Å². The highest BCUT2D eigenvalue weighted by Crippen LogP contribution is 2.37. The van der Waals surface area contributed by atoms with Crippen LogP contribution in [0.4, 0.5) is 0 Å². The van der Waals surface area contributed by atoms with Crippen molar-refractivity contribution in [3.05, 3.63) is 88.2 Å². The van der Waals surface area contributed by atoms with Crippen molar-refractivity contribution in [3.63, 3.8) is 0 Å². The van der Waals surface area contributed by atoms with Gasteiger partial charge in [0.05, 0.1) is 5.25 Å². The highest BCUT2D eigenvalue weighted by atomic mass is 32.2. The zero-order chi connectivity index (χ0) is 18.9. The molecule has 5 rings (SSSR count). The highest BCUT2D eigenvalue weighted by Gasteiger charge is 2.29. The Kier molecular flexibility index (Phi) is 4.71. The zero-order valence-electron chi connectivity index (χ0n) is 15.2. The molecule has 0 saturated carbocycles. The number of para-hydroxylation sites is 1. The molecule has 140 valence electrons. The molecule has 1 aliphatic rings. The lowest BCUT2D eigenvalue weighted by Crippen LogP contribution is -2.35. The number of fused-ring (bicyclic) bond motifs is 2. The molecule has 2 aromatic heterocycles. The third kappa shape index (κ3) is 3.25. The van der Waals surface area contributed by atoms with E-state index in [1.807, 2.05) is 18.2 Å². The van der Waals surface area contributed by atoms with Crippen LogP contribution in [0.15, 0.2) is 77.1 Å². The van der Waals surface area contributed by atoms with Gasteiger partial charge in [0.1, 0.15) is 0 Å². The monoisotopic (exact) mass is 404 g/mol. The Morgan fingerprint density at radius 1 is 1.11 bits per heavy atom. The number of amides is 1. The average Bonchev–Trinajstić information content (AvgIpc) is 3.47. The van der Waals surface area contributed by atoms with E-state index in [4.69, 9.17) is 0 Å². The molecule has 0 fully saturated rings. The summed E-state index contributed by atoms with van der Waals surface area (Å²) in [5.74, 6) is 0.275. The van der Waals surface area contributed by atoms with Gasteiger partial charge in [0.2, 0.25) is 5.91 Å². The predicted octanol–water partition coefficient (Wildman–Crippen LogP) is 5.19. The smallest absolute Gasteiger partial charge is 0.233 e. The van der Waals surface area contributed by atoms with Crippen molar-refractivity contribution in [3.8, 4) is 0 Å². The first-order valence-electron chi connectivity index (χ1n) is 9.41. The van der Waals surface area contributed by atoms with Crippen molar-refractivity contribution >= 4 is 39.9 Å². The summed E-state index contributed by atoms with van der Waals surface area (Å²) in [6.45, 7) is 0.606. The van der Waals surface area contributed by atoms with E-state index in [2.05, 4.69) is 64.3 Å². The fraction of sp³-hybridized carbons (Fsp3) is 0.174. The summed E-state index contributed by atoms with van der Waals surface area (Å²) in [5, 5.41) is 6.52. The lowest BCUT2D eigenvalue weighted by molar-refractivity contribution is -0.120. The summed E-state index contributed by atoms with van der Waals surface area (Å²) >= 11 is 3.42. The van der Waals surface area contributed by atoms with Crippen molar-refractivity contribution < 1.29 is 4.79 Å². The Bertz CT molecular complexity index is 1090. The van der Waals surface area contributed by atoms with E-state index < -0.39 is 0 Å². The number of thioether (sulfide) groups is 1. The van der Waals surface area contributed by atoms with Crippen LogP contribution >= 0.6 is 23.1 Å². The summed E-state index contributed by atoms with van der Waals surface area (Å²) in [4.78, 5) is 18.8. The quantitative estimate of drug-likeness (QED) is 0.480. The van der Waals surface area contributed by atoms with Crippen molar-refractivity contribution in [2.24, 2.45) is 0 Å². The zero-order valence-corrected chi connectivity index (χ0v) is 16.9. The number of thiophene rings is 1. The van der Waals surface area contributed by atoms with Gasteiger partial charge >= 0.3 is 0 Å². The fourth-order valence-electron chi connectivity index (χ4n) is 3.88. The minimum Gasteiger partial charge on any atom is -0.361 e. The molecule has 3 nitrogen and oxygen atoms in total. The first kappa shape index (κ1) is 17.6. The number of carbonyl (C=O) groups is 1. The van der Waals surface area contributed by atoms with Crippen molar-refractivity contribution in [1.29, 1.82) is 0 Å². The Morgan fingerprint density at radius 3 is 2.82 bits per heavy atom. The third-order valence-corrected chi connectivity index (χ3v) is 7.61. The van der Waals surface area contributed by atoms with Crippen LogP contribution in [0.1, 0.15) is 21.9 Å². The first-order chi connectivity index (χ1) is 13.8. The summed E-state index contributed by atoms with van der Waals surface area (Å²) in [5.41, 5.74) is 3.65. The molecule has 0 bridgehead atoms. The Hall–Kier alpha value is -2.50. The van der Waals surface area contributed by atoms with Gasteiger partial charge in [-0.15, -0.1) is 23.1 Å². The second-order valence-electron chi connectivity index (χ2n) is 7.02. The number of hydrogen-bond acceptors (Lipinski definition) is 3. The minimum absolute atomic E-state index is 0.0376. The van der Waals surface area contributed by atoms with Crippen LogP contribution in [0.3, 0.4) is 0 Å². The number of H-pyrrole nitrogens is 1. The second kappa shape index (κ2) is 7.49. The van der Waals surface area contributed by atoms with Crippen LogP contribution in [-0.4, -0.2) is 22.7 Å². The number of carbonyl (C=O) groups excluding carboxylic acids is 1. The molecule has 0 spiro atoms. The third-order valence-electron chi connectivity index (χ3n) is 5.30. The van der Waals surface area contributed by atoms with Gasteiger partial charge < -0.3 is 10.3 Å². The predicted molar refractivity (Wildman–Crippen MR) is 117 cm³/mol. The summed E-state index contributed by atoms with van der Waals surface area (Å²) in [6.07, 6.45) is 2.89. The molecule has 0 saturated heterocycles. The lowest BCUT2D eigenvalue weighted by atomic mass is 9.96. The number of aromatic nitrogens is 1. The van der Waals surface area contributed by atoms with Gasteiger partial charge in [-0.25, -0.2) is 0 Å². The van der Waals surface area contributed by atoms with E-state index in [0.29, 0.717) is 6.54 Å². The number of hydrogen-bond donors (Lipinski definition) is 2. The number of benzene rings is 2. The molecule has 5 heteroatoms. The normalized spacial score (nSPS) is 16.8. The molecule has 2 aromatic carbocycles. The van der Waals surface area contributed by atoms with Crippen molar-refractivity contribution in [2.45, 2.75) is 22.5 Å². The molecule has 2 atom stereocenters. The van der Waals surface area contributed by atoms with E-state index in [-0.39, 0.29) is 17.1 Å². The molecular weight excluding hydrogens is 384 g/mol. The molecule has 0 radical (unpaired) electrons. The Morgan fingerprint density at radius 2 is 1.96 bits per heavy atom. The van der Waals surface area contributed by atoms with Crippen LogP contribution in [0.25, 0.3) is 10.9 Å². The van der Waals surface area contributed by atoms with E-state index in [0.717, 1.165) is 11.9 Å². The molecule has 1 aliphatic heterocycles. The molecule has 4 aromatic rings. The summed E-state index contributed by atoms with van der Waals surface area (Å²) in [6, 6.07) is 20.9. The van der Waals surface area contributed by atoms with Gasteiger partial charge in [-0.3, -0.25) is 4.79 Å². The van der Waals surface area contributed by atoms with Crippen LogP contribution in [0, 0.1) is 0 Å². The number of aromatic amines is 1. The minimum atomic E-state index is -0.0376. The van der Waals surface area contributed by atoms with Gasteiger partial charge in [0.15, 0.2) is 0 Å². The molecule has 0 aliphatic carbocycles. The molecule has 2 N–H and O–H groups in total. The SMILES string of the molecule is O=C(NCC(c1cccs1)c1c[nH]c2ccccc12)C1Cc2ccccc2S1. The highest BCUT2D eigenvalue weighted by molar-refractivity contribution is 8.01. The van der Waals surface area contributed by atoms with Gasteiger partial charge in [0, 0.05) is 39.3 Å². The Balaban J connectivity index is 1.36. The number of nitrogens with one attached hydrogen (secondary N) is 2. The molecular formula is C23H20N2OS2. The van der Waals surface area contributed by atoms with E-state index >= 15 is 0 Å². The van der Waals surface area contributed by atoms with Gasteiger partial charge in [0.25, 0.3) is 0 Å². The largest absolute Gasteiger partial charge is 0.361 e. The van der Waals surface area contributed by atoms with Crippen LogP contribution in [0.5, 0.6) is 0 Å². The number of rotatable bonds is 5. The van der Waals surface area contributed by atoms with Gasteiger partial charge in [-0.1, -0.05) is 42.5 Å². The van der Waals surface area contributed by atoms with E-state index in [9.17, 15) is 4.79 Å². The second-order valence-corrected chi connectivity index (χ2v) is 9.24.